The first kappa shape index (κ1) is 10.6. The summed E-state index contributed by atoms with van der Waals surface area (Å²) in [7, 11) is 0. The highest BCUT2D eigenvalue weighted by atomic mass is 16.3. The van der Waals surface area contributed by atoms with Crippen LogP contribution in [-0.4, -0.2) is 11.2 Å². The lowest BCUT2D eigenvalue weighted by atomic mass is 10.0. The van der Waals surface area contributed by atoms with Crippen molar-refractivity contribution in [3.05, 3.63) is 0 Å². The Hall–Kier alpha value is -0.480. The molecule has 1 heteroatoms. The zero-order valence-electron chi connectivity index (χ0n) is 8.55. The minimum atomic E-state index is -0.0690. The second kappa shape index (κ2) is 6.05. The van der Waals surface area contributed by atoms with Crippen LogP contribution in [0.15, 0.2) is 0 Å². The maximum absolute atomic E-state index is 9.52. The molecule has 0 amide bonds. The summed E-state index contributed by atoms with van der Waals surface area (Å²) in [6.45, 7) is 2.18. The summed E-state index contributed by atoms with van der Waals surface area (Å²) in [5.74, 6) is 6.82. The van der Waals surface area contributed by atoms with Gasteiger partial charge in [-0.2, -0.15) is 0 Å². The molecule has 1 aliphatic rings. The molecule has 0 heterocycles. The molecule has 74 valence electrons. The molecule has 0 bridgehead atoms. The molecule has 1 fully saturated rings. The highest BCUT2D eigenvalue weighted by Crippen LogP contribution is 2.27. The van der Waals surface area contributed by atoms with Crippen LogP contribution in [0.3, 0.4) is 0 Å². The van der Waals surface area contributed by atoms with Crippen molar-refractivity contribution in [3.8, 4) is 11.8 Å². The average molecular weight is 180 g/mol. The third kappa shape index (κ3) is 3.83. The van der Waals surface area contributed by atoms with Gasteiger partial charge >= 0.3 is 0 Å². The number of hydrogen-bond acceptors (Lipinski definition) is 1. The fourth-order valence-corrected chi connectivity index (χ4v) is 1.81. The van der Waals surface area contributed by atoms with E-state index < -0.39 is 0 Å². The van der Waals surface area contributed by atoms with E-state index in [0.717, 1.165) is 19.3 Å². The van der Waals surface area contributed by atoms with Gasteiger partial charge in [0, 0.05) is 12.8 Å². The molecule has 1 nitrogen and oxygen atoms in total. The van der Waals surface area contributed by atoms with E-state index in [9.17, 15) is 5.11 Å². The van der Waals surface area contributed by atoms with E-state index in [1.807, 2.05) is 0 Å². The van der Waals surface area contributed by atoms with Gasteiger partial charge in [-0.25, -0.2) is 0 Å². The molecule has 0 aromatic rings. The Bertz CT molecular complexity index is 187. The van der Waals surface area contributed by atoms with Gasteiger partial charge in [-0.15, -0.1) is 11.8 Å². The first-order valence-electron chi connectivity index (χ1n) is 5.48. The van der Waals surface area contributed by atoms with Crippen molar-refractivity contribution in [2.24, 2.45) is 5.92 Å². The fraction of sp³-hybridized carbons (Fsp3) is 0.833. The fourth-order valence-electron chi connectivity index (χ4n) is 1.81. The van der Waals surface area contributed by atoms with Crippen LogP contribution in [0.1, 0.15) is 51.9 Å². The van der Waals surface area contributed by atoms with E-state index in [0.29, 0.717) is 5.92 Å². The van der Waals surface area contributed by atoms with E-state index in [4.69, 9.17) is 0 Å². The molecule has 0 aromatic heterocycles. The second-order valence-corrected chi connectivity index (χ2v) is 3.92. The zero-order valence-corrected chi connectivity index (χ0v) is 8.55. The third-order valence-corrected chi connectivity index (χ3v) is 2.76. The molecule has 13 heavy (non-hydrogen) atoms. The molecule has 0 radical (unpaired) electrons. The van der Waals surface area contributed by atoms with Crippen LogP contribution >= 0.6 is 0 Å². The van der Waals surface area contributed by atoms with E-state index in [-0.39, 0.29) is 6.10 Å². The van der Waals surface area contributed by atoms with E-state index in [2.05, 4.69) is 18.8 Å². The Morgan fingerprint density at radius 2 is 2.15 bits per heavy atom. The molecule has 1 rings (SSSR count). The Balaban J connectivity index is 2.12. The highest BCUT2D eigenvalue weighted by molar-refractivity contribution is 5.01. The van der Waals surface area contributed by atoms with Gasteiger partial charge in [0.15, 0.2) is 0 Å². The lowest BCUT2D eigenvalue weighted by Gasteiger charge is -2.09. The highest BCUT2D eigenvalue weighted by Gasteiger charge is 2.23. The predicted octanol–water partition coefficient (Wildman–Crippen LogP) is 2.73. The van der Waals surface area contributed by atoms with Gasteiger partial charge in [0.25, 0.3) is 0 Å². The molecule has 1 saturated carbocycles. The summed E-state index contributed by atoms with van der Waals surface area (Å²) in [6, 6.07) is 0. The van der Waals surface area contributed by atoms with Gasteiger partial charge < -0.3 is 5.11 Å². The minimum Gasteiger partial charge on any atom is -0.393 e. The quantitative estimate of drug-likeness (QED) is 0.523. The Morgan fingerprint density at radius 3 is 2.77 bits per heavy atom. The van der Waals surface area contributed by atoms with E-state index >= 15 is 0 Å². The second-order valence-electron chi connectivity index (χ2n) is 3.92. The van der Waals surface area contributed by atoms with Crippen molar-refractivity contribution in [1.82, 2.24) is 0 Å². The zero-order chi connectivity index (χ0) is 9.52. The van der Waals surface area contributed by atoms with Crippen LogP contribution in [0.25, 0.3) is 0 Å². The topological polar surface area (TPSA) is 20.2 Å². The normalized spacial score (nSPS) is 26.9. The molecular weight excluding hydrogens is 160 g/mol. The van der Waals surface area contributed by atoms with Crippen molar-refractivity contribution < 1.29 is 5.11 Å². The molecule has 0 unspecified atom stereocenters. The SMILES string of the molecule is CCCCC#CC[C@H]1CCC[C@@H]1O. The molecule has 1 aliphatic carbocycles. The Morgan fingerprint density at radius 1 is 1.31 bits per heavy atom. The monoisotopic (exact) mass is 180 g/mol. The van der Waals surface area contributed by atoms with Gasteiger partial charge in [-0.1, -0.05) is 19.8 Å². The van der Waals surface area contributed by atoms with Crippen LogP contribution < -0.4 is 0 Å². The largest absolute Gasteiger partial charge is 0.393 e. The molecule has 0 saturated heterocycles. The van der Waals surface area contributed by atoms with E-state index in [1.165, 1.54) is 25.7 Å². The van der Waals surface area contributed by atoms with Gasteiger partial charge in [-0.05, 0) is 25.2 Å². The number of aliphatic hydroxyl groups is 1. The summed E-state index contributed by atoms with van der Waals surface area (Å²) in [5, 5.41) is 9.52. The Labute approximate surface area is 81.5 Å². The molecular formula is C12H20O. The van der Waals surface area contributed by atoms with Gasteiger partial charge in [0.05, 0.1) is 6.10 Å². The predicted molar refractivity (Wildman–Crippen MR) is 55.3 cm³/mol. The van der Waals surface area contributed by atoms with Crippen LogP contribution in [0, 0.1) is 17.8 Å². The van der Waals surface area contributed by atoms with Gasteiger partial charge in [0.1, 0.15) is 0 Å². The standard InChI is InChI=1S/C12H20O/c1-2-3-4-5-6-8-11-9-7-10-12(11)13/h11-13H,2-4,7-10H2,1H3/t11-,12-/m0/s1. The molecule has 0 aliphatic heterocycles. The number of aliphatic hydroxyl groups excluding tert-OH is 1. The van der Waals surface area contributed by atoms with Crippen LogP contribution in [-0.2, 0) is 0 Å². The first-order valence-corrected chi connectivity index (χ1v) is 5.48. The maximum Gasteiger partial charge on any atom is 0.0577 e. The summed E-state index contributed by atoms with van der Waals surface area (Å²) in [6.07, 6.45) is 7.64. The first-order chi connectivity index (χ1) is 6.34. The Kier molecular flexibility index (Phi) is 4.93. The molecule has 0 aromatic carbocycles. The minimum absolute atomic E-state index is 0.0690. The van der Waals surface area contributed by atoms with Crippen LogP contribution in [0.5, 0.6) is 0 Å². The lowest BCUT2D eigenvalue weighted by molar-refractivity contribution is 0.135. The van der Waals surface area contributed by atoms with E-state index in [1.54, 1.807) is 0 Å². The molecule has 0 spiro atoms. The van der Waals surface area contributed by atoms with Gasteiger partial charge in [0.2, 0.25) is 0 Å². The average Bonchev–Trinajstić information content (AvgIpc) is 2.52. The van der Waals surface area contributed by atoms with Crippen molar-refractivity contribution in [3.63, 3.8) is 0 Å². The number of rotatable bonds is 3. The third-order valence-electron chi connectivity index (χ3n) is 2.76. The smallest absolute Gasteiger partial charge is 0.0577 e. The van der Waals surface area contributed by atoms with Crippen molar-refractivity contribution >= 4 is 0 Å². The lowest BCUT2D eigenvalue weighted by Crippen LogP contribution is -2.11. The van der Waals surface area contributed by atoms with Crippen LogP contribution in [0.2, 0.25) is 0 Å². The van der Waals surface area contributed by atoms with Crippen molar-refractivity contribution in [2.45, 2.75) is 58.0 Å². The molecule has 1 N–H and O–H groups in total. The van der Waals surface area contributed by atoms with Crippen LogP contribution in [0.4, 0.5) is 0 Å². The summed E-state index contributed by atoms with van der Waals surface area (Å²) >= 11 is 0. The van der Waals surface area contributed by atoms with Crippen molar-refractivity contribution in [2.75, 3.05) is 0 Å². The summed E-state index contributed by atoms with van der Waals surface area (Å²) < 4.78 is 0. The molecule has 2 atom stereocenters. The summed E-state index contributed by atoms with van der Waals surface area (Å²) in [4.78, 5) is 0. The van der Waals surface area contributed by atoms with Gasteiger partial charge in [-0.3, -0.25) is 0 Å². The number of hydrogen-bond donors (Lipinski definition) is 1. The maximum atomic E-state index is 9.52. The summed E-state index contributed by atoms with van der Waals surface area (Å²) in [5.41, 5.74) is 0. The van der Waals surface area contributed by atoms with Crippen molar-refractivity contribution in [1.29, 1.82) is 0 Å². The number of unbranched alkanes of at least 4 members (excludes halogenated alkanes) is 2.